The summed E-state index contributed by atoms with van der Waals surface area (Å²) in [6, 6.07) is 15.0. The summed E-state index contributed by atoms with van der Waals surface area (Å²) >= 11 is 0. The van der Waals surface area contributed by atoms with Gasteiger partial charge in [0.05, 0.1) is 5.56 Å². The van der Waals surface area contributed by atoms with Gasteiger partial charge in [0, 0.05) is 5.39 Å². The molecular weight excluding hydrogens is 288 g/mol. The topological polar surface area (TPSA) is 39.4 Å². The standard InChI is InChI=1S/C20H18O3/c1-13(2)12-22-16-9-10-18-17(11-16)14(3)19(20(21)23-18)15-7-5-4-6-8-15/h4-11H,1,12H2,2-3H3. The van der Waals surface area contributed by atoms with Crippen molar-refractivity contribution in [3.8, 4) is 16.9 Å². The minimum Gasteiger partial charge on any atom is -0.489 e. The lowest BCUT2D eigenvalue weighted by Gasteiger charge is -2.10. The number of rotatable bonds is 4. The predicted molar refractivity (Wildman–Crippen MR) is 93.0 cm³/mol. The minimum absolute atomic E-state index is 0.322. The number of benzene rings is 2. The number of aryl methyl sites for hydroxylation is 1. The van der Waals surface area contributed by atoms with E-state index in [9.17, 15) is 4.79 Å². The molecule has 0 spiro atoms. The maximum atomic E-state index is 12.3. The van der Waals surface area contributed by atoms with Gasteiger partial charge in [-0.15, -0.1) is 0 Å². The van der Waals surface area contributed by atoms with Crippen LogP contribution in [0.2, 0.25) is 0 Å². The van der Waals surface area contributed by atoms with Crippen LogP contribution in [0, 0.1) is 6.92 Å². The number of fused-ring (bicyclic) bond motifs is 1. The van der Waals surface area contributed by atoms with E-state index in [1.165, 1.54) is 0 Å². The van der Waals surface area contributed by atoms with Crippen LogP contribution in [-0.2, 0) is 0 Å². The first-order valence-electron chi connectivity index (χ1n) is 7.46. The Balaban J connectivity index is 2.16. The van der Waals surface area contributed by atoms with E-state index < -0.39 is 0 Å². The van der Waals surface area contributed by atoms with Crippen LogP contribution in [0.4, 0.5) is 0 Å². The predicted octanol–water partition coefficient (Wildman–Crippen LogP) is 4.72. The van der Waals surface area contributed by atoms with E-state index in [4.69, 9.17) is 9.15 Å². The summed E-state index contributed by atoms with van der Waals surface area (Å²) in [5.41, 5.74) is 3.53. The van der Waals surface area contributed by atoms with Crippen molar-refractivity contribution in [1.82, 2.24) is 0 Å². The molecule has 1 aromatic heterocycles. The smallest absolute Gasteiger partial charge is 0.344 e. The molecule has 0 aliphatic carbocycles. The third-order valence-corrected chi connectivity index (χ3v) is 3.68. The SMILES string of the molecule is C=C(C)COc1ccc2oc(=O)c(-c3ccccc3)c(C)c2c1. The average Bonchev–Trinajstić information content (AvgIpc) is 2.54. The molecule has 0 radical (unpaired) electrons. The van der Waals surface area contributed by atoms with Crippen LogP contribution in [0.1, 0.15) is 12.5 Å². The first-order valence-corrected chi connectivity index (χ1v) is 7.46. The molecule has 0 amide bonds. The largest absolute Gasteiger partial charge is 0.489 e. The van der Waals surface area contributed by atoms with Gasteiger partial charge in [0.2, 0.25) is 0 Å². The van der Waals surface area contributed by atoms with E-state index in [1.807, 2.05) is 50.2 Å². The van der Waals surface area contributed by atoms with E-state index in [1.54, 1.807) is 12.1 Å². The lowest BCUT2D eigenvalue weighted by atomic mass is 9.99. The highest BCUT2D eigenvalue weighted by Crippen LogP contribution is 2.29. The molecule has 0 N–H and O–H groups in total. The molecule has 2 aromatic carbocycles. The van der Waals surface area contributed by atoms with Crippen molar-refractivity contribution in [2.24, 2.45) is 0 Å². The van der Waals surface area contributed by atoms with Crippen molar-refractivity contribution in [2.75, 3.05) is 6.61 Å². The fraction of sp³-hybridized carbons (Fsp3) is 0.150. The maximum Gasteiger partial charge on any atom is 0.344 e. The molecular formula is C20H18O3. The number of hydrogen-bond acceptors (Lipinski definition) is 3. The zero-order valence-corrected chi connectivity index (χ0v) is 13.3. The monoisotopic (exact) mass is 306 g/mol. The molecule has 116 valence electrons. The molecule has 0 aliphatic heterocycles. The van der Waals surface area contributed by atoms with Gasteiger partial charge in [-0.05, 0) is 48.7 Å². The molecule has 0 bridgehead atoms. The van der Waals surface area contributed by atoms with E-state index >= 15 is 0 Å². The molecule has 0 saturated heterocycles. The second-order valence-electron chi connectivity index (χ2n) is 5.66. The Morgan fingerprint density at radius 1 is 1.17 bits per heavy atom. The quantitative estimate of drug-likeness (QED) is 0.517. The van der Waals surface area contributed by atoms with Crippen LogP contribution in [0.3, 0.4) is 0 Å². The second-order valence-corrected chi connectivity index (χ2v) is 5.66. The highest BCUT2D eigenvalue weighted by molar-refractivity contribution is 5.87. The molecule has 23 heavy (non-hydrogen) atoms. The molecule has 3 aromatic rings. The molecule has 0 aliphatic rings. The minimum atomic E-state index is -0.322. The Kier molecular flexibility index (Phi) is 4.02. The van der Waals surface area contributed by atoms with Gasteiger partial charge < -0.3 is 9.15 Å². The zero-order chi connectivity index (χ0) is 16.4. The molecule has 3 nitrogen and oxygen atoms in total. The third-order valence-electron chi connectivity index (χ3n) is 3.68. The Bertz CT molecular complexity index is 921. The highest BCUT2D eigenvalue weighted by atomic mass is 16.5. The summed E-state index contributed by atoms with van der Waals surface area (Å²) in [6.45, 7) is 8.15. The first kappa shape index (κ1) is 15.1. The van der Waals surface area contributed by atoms with Gasteiger partial charge in [0.15, 0.2) is 0 Å². The average molecular weight is 306 g/mol. The van der Waals surface area contributed by atoms with Crippen LogP contribution in [-0.4, -0.2) is 6.61 Å². The van der Waals surface area contributed by atoms with Gasteiger partial charge in [-0.3, -0.25) is 0 Å². The molecule has 0 saturated carbocycles. The summed E-state index contributed by atoms with van der Waals surface area (Å²) < 4.78 is 11.2. The van der Waals surface area contributed by atoms with Gasteiger partial charge in [0.1, 0.15) is 17.9 Å². The lowest BCUT2D eigenvalue weighted by molar-refractivity contribution is 0.353. The van der Waals surface area contributed by atoms with Gasteiger partial charge in [-0.25, -0.2) is 4.79 Å². The fourth-order valence-electron chi connectivity index (χ4n) is 2.57. The molecule has 0 unspecified atom stereocenters. The van der Waals surface area contributed by atoms with Crippen molar-refractivity contribution in [2.45, 2.75) is 13.8 Å². The van der Waals surface area contributed by atoms with Crippen molar-refractivity contribution in [1.29, 1.82) is 0 Å². The normalized spacial score (nSPS) is 10.7. The van der Waals surface area contributed by atoms with Crippen LogP contribution in [0.25, 0.3) is 22.1 Å². The maximum absolute atomic E-state index is 12.3. The van der Waals surface area contributed by atoms with Crippen LogP contribution >= 0.6 is 0 Å². The van der Waals surface area contributed by atoms with E-state index in [2.05, 4.69) is 6.58 Å². The second kappa shape index (κ2) is 6.13. The molecule has 0 atom stereocenters. The molecule has 3 rings (SSSR count). The lowest BCUT2D eigenvalue weighted by Crippen LogP contribution is -2.06. The summed E-state index contributed by atoms with van der Waals surface area (Å²) in [5, 5.41) is 0.877. The van der Waals surface area contributed by atoms with Crippen molar-refractivity contribution < 1.29 is 9.15 Å². The Morgan fingerprint density at radius 3 is 2.61 bits per heavy atom. The highest BCUT2D eigenvalue weighted by Gasteiger charge is 2.13. The summed E-state index contributed by atoms with van der Waals surface area (Å²) in [7, 11) is 0. The van der Waals surface area contributed by atoms with Crippen LogP contribution in [0.15, 0.2) is 69.9 Å². The molecule has 0 fully saturated rings. The summed E-state index contributed by atoms with van der Waals surface area (Å²) in [4.78, 5) is 12.3. The Morgan fingerprint density at radius 2 is 1.91 bits per heavy atom. The van der Waals surface area contributed by atoms with Crippen molar-refractivity contribution in [3.05, 3.63) is 76.7 Å². The van der Waals surface area contributed by atoms with Gasteiger partial charge in [0.25, 0.3) is 0 Å². The number of ether oxygens (including phenoxy) is 1. The van der Waals surface area contributed by atoms with Crippen molar-refractivity contribution in [3.63, 3.8) is 0 Å². The summed E-state index contributed by atoms with van der Waals surface area (Å²) in [6.07, 6.45) is 0. The molecule has 1 heterocycles. The Labute approximate surface area is 134 Å². The first-order chi connectivity index (χ1) is 11.1. The van der Waals surface area contributed by atoms with E-state index in [-0.39, 0.29) is 5.63 Å². The van der Waals surface area contributed by atoms with E-state index in [0.29, 0.717) is 17.8 Å². The third kappa shape index (κ3) is 3.04. The van der Waals surface area contributed by atoms with Crippen LogP contribution in [0.5, 0.6) is 5.75 Å². The van der Waals surface area contributed by atoms with Gasteiger partial charge in [-0.1, -0.05) is 36.9 Å². The zero-order valence-electron chi connectivity index (χ0n) is 13.3. The van der Waals surface area contributed by atoms with Crippen molar-refractivity contribution >= 4 is 11.0 Å². The number of hydrogen-bond donors (Lipinski definition) is 0. The fourth-order valence-corrected chi connectivity index (χ4v) is 2.57. The van der Waals surface area contributed by atoms with Gasteiger partial charge >= 0.3 is 5.63 Å². The van der Waals surface area contributed by atoms with Crippen LogP contribution < -0.4 is 10.4 Å². The summed E-state index contributed by atoms with van der Waals surface area (Å²) in [5.74, 6) is 0.733. The molecule has 3 heteroatoms. The Hall–Kier alpha value is -2.81. The van der Waals surface area contributed by atoms with Gasteiger partial charge in [-0.2, -0.15) is 0 Å². The van der Waals surface area contributed by atoms with E-state index in [0.717, 1.165) is 27.8 Å².